The van der Waals surface area contributed by atoms with Crippen LogP contribution in [0.15, 0.2) is 17.2 Å². The van der Waals surface area contributed by atoms with Crippen molar-refractivity contribution in [3.05, 3.63) is 22.7 Å². The normalized spacial score (nSPS) is 17.1. The van der Waals surface area contributed by atoms with E-state index in [0.717, 1.165) is 0 Å². The van der Waals surface area contributed by atoms with Crippen LogP contribution < -0.4 is 10.3 Å². The summed E-state index contributed by atoms with van der Waals surface area (Å²) >= 11 is 0. The second-order valence-corrected chi connectivity index (χ2v) is 3.68. The molecule has 2 rings (SSSR count). The number of nitrogens with zero attached hydrogens (tertiary/aromatic N) is 1. The smallest absolute Gasteiger partial charge is 0.310 e. The van der Waals surface area contributed by atoms with E-state index in [1.165, 1.54) is 38.1 Å². The van der Waals surface area contributed by atoms with E-state index in [0.29, 0.717) is 12.5 Å². The van der Waals surface area contributed by atoms with Crippen LogP contribution >= 0.6 is 0 Å². The van der Waals surface area contributed by atoms with E-state index < -0.39 is 0 Å². The fourth-order valence-electron chi connectivity index (χ4n) is 1.81. The highest BCUT2D eigenvalue weighted by molar-refractivity contribution is 5.02. The maximum absolute atomic E-state index is 11.2. The number of H-pyrrole nitrogens is 1. The van der Waals surface area contributed by atoms with Crippen molar-refractivity contribution in [2.24, 2.45) is 5.92 Å². The van der Waals surface area contributed by atoms with Crippen LogP contribution in [0.2, 0.25) is 0 Å². The zero-order valence-corrected chi connectivity index (χ0v) is 8.03. The van der Waals surface area contributed by atoms with E-state index in [1.807, 2.05) is 0 Å². The summed E-state index contributed by atoms with van der Waals surface area (Å²) in [5, 5.41) is 0. The monoisotopic (exact) mass is 194 g/mol. The van der Waals surface area contributed by atoms with Crippen LogP contribution in [-0.2, 0) is 0 Å². The molecule has 0 unspecified atom stereocenters. The molecule has 4 heteroatoms. The second kappa shape index (κ2) is 4.26. The highest BCUT2D eigenvalue weighted by Gasteiger charge is 2.16. The lowest BCUT2D eigenvalue weighted by Gasteiger charge is -2.08. The van der Waals surface area contributed by atoms with Gasteiger partial charge in [-0.15, -0.1) is 0 Å². The van der Waals surface area contributed by atoms with Crippen molar-refractivity contribution in [3.63, 3.8) is 0 Å². The fraction of sp³-hybridized carbons (Fsp3) is 0.600. The van der Waals surface area contributed by atoms with Gasteiger partial charge in [0, 0.05) is 12.4 Å². The quantitative estimate of drug-likeness (QED) is 0.790. The highest BCUT2D eigenvalue weighted by atomic mass is 16.5. The van der Waals surface area contributed by atoms with Gasteiger partial charge in [-0.3, -0.25) is 4.79 Å². The molecule has 0 radical (unpaired) electrons. The Bertz CT molecular complexity index is 342. The Balaban J connectivity index is 1.91. The molecule has 14 heavy (non-hydrogen) atoms. The minimum atomic E-state index is -0.245. The standard InChI is InChI=1S/C10H14N2O2/c13-9-10(12-6-5-11-9)14-7-8-3-1-2-4-8/h5-6,8H,1-4,7H2,(H,11,13). The van der Waals surface area contributed by atoms with Gasteiger partial charge >= 0.3 is 5.56 Å². The molecule has 0 aliphatic heterocycles. The highest BCUT2D eigenvalue weighted by Crippen LogP contribution is 2.24. The van der Waals surface area contributed by atoms with Crippen LogP contribution in [0.25, 0.3) is 0 Å². The summed E-state index contributed by atoms with van der Waals surface area (Å²) in [7, 11) is 0. The Labute approximate surface area is 82.3 Å². The summed E-state index contributed by atoms with van der Waals surface area (Å²) in [6, 6.07) is 0. The van der Waals surface area contributed by atoms with Gasteiger partial charge in [0.05, 0.1) is 6.61 Å². The number of nitrogens with one attached hydrogen (secondary N) is 1. The Morgan fingerprint density at radius 3 is 3.00 bits per heavy atom. The summed E-state index contributed by atoms with van der Waals surface area (Å²) < 4.78 is 5.37. The van der Waals surface area contributed by atoms with E-state index in [9.17, 15) is 4.79 Å². The number of aromatic amines is 1. The lowest BCUT2D eigenvalue weighted by molar-refractivity contribution is 0.240. The summed E-state index contributed by atoms with van der Waals surface area (Å²) in [6.07, 6.45) is 8.03. The van der Waals surface area contributed by atoms with Crippen molar-refractivity contribution >= 4 is 0 Å². The summed E-state index contributed by atoms with van der Waals surface area (Å²) in [5.74, 6) is 0.802. The molecule has 0 bridgehead atoms. The first kappa shape index (κ1) is 9.24. The zero-order valence-electron chi connectivity index (χ0n) is 8.03. The maximum Gasteiger partial charge on any atom is 0.310 e. The minimum absolute atomic E-state index is 0.194. The van der Waals surface area contributed by atoms with E-state index >= 15 is 0 Å². The van der Waals surface area contributed by atoms with Crippen LogP contribution in [0.4, 0.5) is 0 Å². The predicted octanol–water partition coefficient (Wildman–Crippen LogP) is 1.34. The van der Waals surface area contributed by atoms with Crippen molar-refractivity contribution in [2.75, 3.05) is 6.61 Å². The molecule has 1 saturated carbocycles. The topological polar surface area (TPSA) is 55.0 Å². The van der Waals surface area contributed by atoms with Crippen LogP contribution in [0, 0.1) is 5.92 Å². The largest absolute Gasteiger partial charge is 0.473 e. The molecular formula is C10H14N2O2. The third-order valence-corrected chi connectivity index (χ3v) is 2.61. The second-order valence-electron chi connectivity index (χ2n) is 3.68. The SMILES string of the molecule is O=c1[nH]ccnc1OCC1CCCC1. The predicted molar refractivity (Wildman–Crippen MR) is 52.3 cm³/mol. The van der Waals surface area contributed by atoms with Gasteiger partial charge in [0.2, 0.25) is 0 Å². The maximum atomic E-state index is 11.2. The van der Waals surface area contributed by atoms with E-state index in [2.05, 4.69) is 9.97 Å². The van der Waals surface area contributed by atoms with Crippen molar-refractivity contribution in [1.82, 2.24) is 9.97 Å². The number of hydrogen-bond acceptors (Lipinski definition) is 3. The van der Waals surface area contributed by atoms with Gasteiger partial charge in [0.1, 0.15) is 0 Å². The molecule has 0 aromatic carbocycles. The fourth-order valence-corrected chi connectivity index (χ4v) is 1.81. The average molecular weight is 194 g/mol. The number of rotatable bonds is 3. The van der Waals surface area contributed by atoms with Crippen LogP contribution in [0.1, 0.15) is 25.7 Å². The Hall–Kier alpha value is -1.32. The summed E-state index contributed by atoms with van der Waals surface area (Å²) in [5.41, 5.74) is -0.245. The first-order chi connectivity index (χ1) is 6.86. The molecule has 0 spiro atoms. The lowest BCUT2D eigenvalue weighted by atomic mass is 10.1. The van der Waals surface area contributed by atoms with Crippen molar-refractivity contribution in [2.45, 2.75) is 25.7 Å². The number of aromatic nitrogens is 2. The molecule has 1 aliphatic carbocycles. The van der Waals surface area contributed by atoms with Crippen LogP contribution in [-0.4, -0.2) is 16.6 Å². The molecule has 1 aliphatic rings. The van der Waals surface area contributed by atoms with Gasteiger partial charge in [0.25, 0.3) is 5.88 Å². The van der Waals surface area contributed by atoms with Crippen LogP contribution in [0.3, 0.4) is 0 Å². The van der Waals surface area contributed by atoms with E-state index in [1.54, 1.807) is 0 Å². The van der Waals surface area contributed by atoms with Gasteiger partial charge in [-0.1, -0.05) is 12.8 Å². The third kappa shape index (κ3) is 2.13. The zero-order chi connectivity index (χ0) is 9.80. The molecule has 76 valence electrons. The van der Waals surface area contributed by atoms with Gasteiger partial charge < -0.3 is 9.72 Å². The molecule has 0 atom stereocenters. The Morgan fingerprint density at radius 2 is 2.29 bits per heavy atom. The molecule has 1 heterocycles. The van der Waals surface area contributed by atoms with Gasteiger partial charge in [-0.25, -0.2) is 4.98 Å². The first-order valence-electron chi connectivity index (χ1n) is 5.03. The molecule has 0 saturated heterocycles. The lowest BCUT2D eigenvalue weighted by Crippen LogP contribution is -2.16. The van der Waals surface area contributed by atoms with Crippen LogP contribution in [0.5, 0.6) is 5.88 Å². The van der Waals surface area contributed by atoms with Crippen molar-refractivity contribution in [1.29, 1.82) is 0 Å². The Kier molecular flexibility index (Phi) is 2.81. The molecule has 1 N–H and O–H groups in total. The van der Waals surface area contributed by atoms with Gasteiger partial charge in [-0.05, 0) is 18.8 Å². The molecule has 0 amide bonds. The molecule has 1 aromatic heterocycles. The number of ether oxygens (including phenoxy) is 1. The van der Waals surface area contributed by atoms with E-state index in [4.69, 9.17) is 4.74 Å². The molecule has 4 nitrogen and oxygen atoms in total. The Morgan fingerprint density at radius 1 is 1.50 bits per heavy atom. The minimum Gasteiger partial charge on any atom is -0.473 e. The van der Waals surface area contributed by atoms with Crippen molar-refractivity contribution < 1.29 is 4.74 Å². The average Bonchev–Trinajstić information content (AvgIpc) is 2.69. The first-order valence-corrected chi connectivity index (χ1v) is 5.03. The summed E-state index contributed by atoms with van der Waals surface area (Å²) in [4.78, 5) is 17.6. The van der Waals surface area contributed by atoms with Gasteiger partial charge in [-0.2, -0.15) is 0 Å². The molecule has 1 aromatic rings. The molecular weight excluding hydrogens is 180 g/mol. The van der Waals surface area contributed by atoms with E-state index in [-0.39, 0.29) is 11.4 Å². The van der Waals surface area contributed by atoms with Crippen molar-refractivity contribution in [3.8, 4) is 5.88 Å². The molecule has 1 fully saturated rings. The van der Waals surface area contributed by atoms with Gasteiger partial charge in [0.15, 0.2) is 0 Å². The third-order valence-electron chi connectivity index (χ3n) is 2.61. The summed E-state index contributed by atoms with van der Waals surface area (Å²) in [6.45, 7) is 0.625. The number of hydrogen-bond donors (Lipinski definition) is 1.